The van der Waals surface area contributed by atoms with Crippen LogP contribution in [-0.2, 0) is 11.2 Å². The normalized spacial score (nSPS) is 15.2. The molecule has 1 aromatic heterocycles. The van der Waals surface area contributed by atoms with Crippen molar-refractivity contribution < 1.29 is 18.4 Å². The number of piperidine rings is 1. The number of nitrogens with one attached hydrogen (secondary N) is 1. The van der Waals surface area contributed by atoms with Crippen LogP contribution in [-0.4, -0.2) is 29.8 Å². The molecule has 1 atom stereocenters. The number of halogens is 2. The van der Waals surface area contributed by atoms with E-state index in [-0.39, 0.29) is 23.4 Å². The summed E-state index contributed by atoms with van der Waals surface area (Å²) < 4.78 is 27.2. The van der Waals surface area contributed by atoms with Crippen LogP contribution >= 0.6 is 11.3 Å². The largest absolute Gasteiger partial charge is 0.344 e. The van der Waals surface area contributed by atoms with Crippen LogP contribution in [0.1, 0.15) is 58.6 Å². The van der Waals surface area contributed by atoms with Crippen molar-refractivity contribution in [1.29, 1.82) is 0 Å². The number of aryl methyl sites for hydroxylation is 1. The number of thiophene rings is 1. The van der Waals surface area contributed by atoms with E-state index in [1.54, 1.807) is 11.3 Å². The van der Waals surface area contributed by atoms with Gasteiger partial charge >= 0.3 is 0 Å². The first-order valence-electron chi connectivity index (χ1n) is 11.6. The maximum Gasteiger partial charge on any atom is 0.256 e. The van der Waals surface area contributed by atoms with Crippen LogP contribution in [0.25, 0.3) is 0 Å². The van der Waals surface area contributed by atoms with E-state index in [0.29, 0.717) is 32.0 Å². The molecule has 1 unspecified atom stereocenters. The van der Waals surface area contributed by atoms with Gasteiger partial charge < -0.3 is 10.2 Å². The Hall–Kier alpha value is -3.06. The molecule has 1 fully saturated rings. The van der Waals surface area contributed by atoms with Gasteiger partial charge in [-0.25, -0.2) is 8.78 Å². The molecule has 0 bridgehead atoms. The summed E-state index contributed by atoms with van der Waals surface area (Å²) >= 11 is 1.60. The number of rotatable bonds is 7. The minimum Gasteiger partial charge on any atom is -0.344 e. The van der Waals surface area contributed by atoms with Crippen molar-refractivity contribution in [3.8, 4) is 0 Å². The third-order valence-electron chi connectivity index (χ3n) is 6.28. The van der Waals surface area contributed by atoms with Crippen molar-refractivity contribution in [2.45, 2.75) is 38.6 Å². The predicted octanol–water partition coefficient (Wildman–Crippen LogP) is 5.74. The number of likely N-dealkylation sites (tertiary alicyclic amines) is 1. The molecule has 2 heterocycles. The van der Waals surface area contributed by atoms with Crippen LogP contribution in [0.15, 0.2) is 60.0 Å². The quantitative estimate of drug-likeness (QED) is 0.467. The summed E-state index contributed by atoms with van der Waals surface area (Å²) in [6.07, 6.45) is 3.09. The van der Waals surface area contributed by atoms with Gasteiger partial charge in [0.25, 0.3) is 5.91 Å². The van der Waals surface area contributed by atoms with Crippen molar-refractivity contribution >= 4 is 23.2 Å². The van der Waals surface area contributed by atoms with E-state index in [0.717, 1.165) is 29.3 Å². The van der Waals surface area contributed by atoms with Gasteiger partial charge in [0.15, 0.2) is 0 Å². The molecule has 1 aliphatic heterocycles. The fraction of sp³-hybridized carbons (Fsp3) is 0.333. The van der Waals surface area contributed by atoms with Crippen molar-refractivity contribution in [3.63, 3.8) is 0 Å². The smallest absolute Gasteiger partial charge is 0.256 e. The molecule has 1 N–H and O–H groups in total. The Kier molecular flexibility index (Phi) is 7.73. The van der Waals surface area contributed by atoms with Crippen molar-refractivity contribution in [2.75, 3.05) is 13.1 Å². The van der Waals surface area contributed by atoms with Crippen molar-refractivity contribution in [2.24, 2.45) is 5.92 Å². The van der Waals surface area contributed by atoms with E-state index < -0.39 is 17.5 Å². The lowest BCUT2D eigenvalue weighted by atomic mass is 9.94. The topological polar surface area (TPSA) is 49.4 Å². The number of nitrogens with zero attached hydrogens (tertiary/aromatic N) is 1. The zero-order valence-electron chi connectivity index (χ0n) is 19.1. The van der Waals surface area contributed by atoms with E-state index in [9.17, 15) is 18.4 Å². The maximum absolute atomic E-state index is 14.0. The molecule has 0 radical (unpaired) electrons. The summed E-state index contributed by atoms with van der Waals surface area (Å²) in [6, 6.07) is 15.1. The fourth-order valence-corrected chi connectivity index (χ4v) is 5.18. The van der Waals surface area contributed by atoms with Gasteiger partial charge in [0.2, 0.25) is 5.91 Å². The Morgan fingerprint density at radius 3 is 2.44 bits per heavy atom. The van der Waals surface area contributed by atoms with Crippen LogP contribution in [0.5, 0.6) is 0 Å². The van der Waals surface area contributed by atoms with Gasteiger partial charge in [0, 0.05) is 30.0 Å². The van der Waals surface area contributed by atoms with Crippen LogP contribution in [0.4, 0.5) is 8.78 Å². The van der Waals surface area contributed by atoms with E-state index >= 15 is 0 Å². The first-order chi connectivity index (χ1) is 16.5. The molecular formula is C27H28F2N2O2S. The van der Waals surface area contributed by atoms with Gasteiger partial charge in [-0.05, 0) is 54.0 Å². The highest BCUT2D eigenvalue weighted by atomic mass is 32.1. The molecule has 3 aromatic rings. The van der Waals surface area contributed by atoms with Crippen LogP contribution in [0.3, 0.4) is 0 Å². The molecule has 1 saturated heterocycles. The average Bonchev–Trinajstić information content (AvgIpc) is 3.38. The summed E-state index contributed by atoms with van der Waals surface area (Å²) in [6.45, 7) is 2.85. The summed E-state index contributed by atoms with van der Waals surface area (Å²) in [7, 11) is 0. The van der Waals surface area contributed by atoms with Crippen LogP contribution in [0, 0.1) is 17.6 Å². The number of amides is 2. The Morgan fingerprint density at radius 1 is 1.09 bits per heavy atom. The van der Waals surface area contributed by atoms with Crippen LogP contribution in [0.2, 0.25) is 0 Å². The zero-order chi connectivity index (χ0) is 24.1. The molecule has 2 aromatic carbocycles. The van der Waals surface area contributed by atoms with Gasteiger partial charge in [-0.3, -0.25) is 9.59 Å². The average molecular weight is 483 g/mol. The van der Waals surface area contributed by atoms with Gasteiger partial charge in [0.05, 0.1) is 11.6 Å². The molecule has 0 saturated carbocycles. The van der Waals surface area contributed by atoms with Gasteiger partial charge in [0.1, 0.15) is 11.6 Å². The molecule has 0 aliphatic carbocycles. The predicted molar refractivity (Wildman–Crippen MR) is 130 cm³/mol. The second-order valence-corrected chi connectivity index (χ2v) is 9.62. The Labute approximate surface area is 202 Å². The number of carbonyl (C=O) groups is 2. The molecule has 4 rings (SSSR count). The van der Waals surface area contributed by atoms with E-state index in [1.165, 1.54) is 16.5 Å². The monoisotopic (exact) mass is 482 g/mol. The van der Waals surface area contributed by atoms with Crippen molar-refractivity contribution in [1.82, 2.24) is 10.2 Å². The highest BCUT2D eigenvalue weighted by Crippen LogP contribution is 2.28. The lowest BCUT2D eigenvalue weighted by Gasteiger charge is -2.32. The second-order valence-electron chi connectivity index (χ2n) is 8.64. The van der Waals surface area contributed by atoms with E-state index in [2.05, 4.69) is 36.5 Å². The molecule has 0 spiro atoms. The Balaban J connectivity index is 1.40. The van der Waals surface area contributed by atoms with E-state index in [4.69, 9.17) is 0 Å². The summed E-state index contributed by atoms with van der Waals surface area (Å²) in [5, 5.41) is 5.21. The number of hydrogen-bond donors (Lipinski definition) is 1. The van der Waals surface area contributed by atoms with Gasteiger partial charge in [-0.1, -0.05) is 43.7 Å². The Morgan fingerprint density at radius 2 is 1.82 bits per heavy atom. The third kappa shape index (κ3) is 5.53. The maximum atomic E-state index is 14.0. The summed E-state index contributed by atoms with van der Waals surface area (Å²) in [5.41, 5.74) is 2.17. The highest BCUT2D eigenvalue weighted by molar-refractivity contribution is 7.10. The molecule has 1 aliphatic rings. The van der Waals surface area contributed by atoms with Gasteiger partial charge in [-0.15, -0.1) is 11.3 Å². The fourth-order valence-electron chi connectivity index (χ4n) is 4.38. The van der Waals surface area contributed by atoms with Crippen LogP contribution < -0.4 is 5.32 Å². The number of benzene rings is 2. The minimum atomic E-state index is -0.867. The number of carbonyl (C=O) groups excluding carboxylic acids is 2. The second kappa shape index (κ2) is 10.9. The van der Waals surface area contributed by atoms with Gasteiger partial charge in [-0.2, -0.15) is 0 Å². The summed E-state index contributed by atoms with van der Waals surface area (Å²) in [4.78, 5) is 28.4. The summed E-state index contributed by atoms with van der Waals surface area (Å²) in [5.74, 6) is -2.33. The molecule has 2 amide bonds. The standard InChI is InChI=1S/C27H28F2N2O2S/c1-2-4-18-6-8-19(9-7-18)25(24-5-3-16-34-24)30-26(32)20-12-14-31(15-13-20)27(33)22-11-10-21(28)17-23(22)29/h3,5-11,16-17,20,25H,2,4,12-15H2,1H3,(H,30,32). The first kappa shape index (κ1) is 24.1. The first-order valence-corrected chi connectivity index (χ1v) is 12.5. The highest BCUT2D eigenvalue weighted by Gasteiger charge is 2.30. The third-order valence-corrected chi connectivity index (χ3v) is 7.22. The molecular weight excluding hydrogens is 454 g/mol. The SMILES string of the molecule is CCCc1ccc(C(NC(=O)C2CCN(C(=O)c3ccc(F)cc3F)CC2)c2cccs2)cc1. The lowest BCUT2D eigenvalue weighted by molar-refractivity contribution is -0.126. The molecule has 4 nitrogen and oxygen atoms in total. The van der Waals surface area contributed by atoms with E-state index in [1.807, 2.05) is 17.5 Å². The zero-order valence-corrected chi connectivity index (χ0v) is 19.9. The Bertz CT molecular complexity index is 1120. The molecule has 178 valence electrons. The minimum absolute atomic E-state index is 0.0453. The lowest BCUT2D eigenvalue weighted by Crippen LogP contribution is -2.44. The number of hydrogen-bond acceptors (Lipinski definition) is 3. The molecule has 34 heavy (non-hydrogen) atoms. The van der Waals surface area contributed by atoms with Crippen molar-refractivity contribution in [3.05, 3.63) is 93.2 Å². The molecule has 7 heteroatoms.